The van der Waals surface area contributed by atoms with Crippen LogP contribution in [0.2, 0.25) is 0 Å². The molecule has 37 heavy (non-hydrogen) atoms. The number of carbonyl (C=O) groups excluding carboxylic acids is 2. The number of hydrogen-bond acceptors (Lipinski definition) is 6. The summed E-state index contributed by atoms with van der Waals surface area (Å²) in [7, 11) is 0. The Morgan fingerprint density at radius 2 is 1.95 bits per heavy atom. The second-order valence-electron chi connectivity index (χ2n) is 10.1. The van der Waals surface area contributed by atoms with Gasteiger partial charge in [-0.1, -0.05) is 6.07 Å². The topological polar surface area (TPSA) is 89.4 Å². The molecule has 6 rings (SSSR count). The molecule has 194 valence electrons. The number of aromatic nitrogens is 3. The van der Waals surface area contributed by atoms with Crippen LogP contribution in [0, 0.1) is 5.92 Å². The molecule has 4 heterocycles. The highest BCUT2D eigenvalue weighted by Gasteiger charge is 2.40. The number of pyridine rings is 1. The van der Waals surface area contributed by atoms with Crippen molar-refractivity contribution in [2.24, 2.45) is 5.92 Å². The average molecular weight is 514 g/mol. The van der Waals surface area contributed by atoms with Crippen molar-refractivity contribution in [2.75, 3.05) is 23.4 Å². The van der Waals surface area contributed by atoms with Gasteiger partial charge in [-0.15, -0.1) is 0 Å². The molecule has 1 aliphatic carbocycles. The van der Waals surface area contributed by atoms with Gasteiger partial charge in [0.2, 0.25) is 0 Å². The first-order valence-electron chi connectivity index (χ1n) is 12.5. The maximum atomic E-state index is 13.1. The second kappa shape index (κ2) is 9.13. The smallest absolute Gasteiger partial charge is 0.374 e. The van der Waals surface area contributed by atoms with Gasteiger partial charge in [0.1, 0.15) is 17.7 Å². The minimum Gasteiger partial charge on any atom is -0.374 e. The van der Waals surface area contributed by atoms with E-state index in [2.05, 4.69) is 15.2 Å². The fraction of sp³-hybridized carbons (Fsp3) is 0.462. The third-order valence-electron chi connectivity index (χ3n) is 7.68. The quantitative estimate of drug-likeness (QED) is 0.502. The molecule has 3 aromatic rings. The molecule has 3 aliphatic rings. The Hall–Kier alpha value is -3.47. The summed E-state index contributed by atoms with van der Waals surface area (Å²) < 4.78 is 47.1. The first kappa shape index (κ1) is 23.9. The SMILES string of the molecule is O=C[C@H]1CC[C@H](n2cc3cc(NC(=O)c4cccc(C(F)(F)F)n4)c(N4C[C@@H]5C[C@H]4CO5)cc3n2)CC1. The number of ether oxygens (including phenoxy) is 1. The number of carbonyl (C=O) groups is 2. The van der Waals surface area contributed by atoms with Crippen molar-refractivity contribution in [3.05, 3.63) is 47.9 Å². The van der Waals surface area contributed by atoms with Gasteiger partial charge in [-0.25, -0.2) is 4.98 Å². The standard InChI is InChI=1S/C26H26F3N5O3/c27-26(28,29)24-3-1-2-20(30-24)25(36)31-22-8-16-11-34(17-6-4-15(13-35)5-7-17)32-21(16)10-23(22)33-12-19-9-18(33)14-37-19/h1-3,8,10-11,13,15,17-19H,4-7,9,12,14H2,(H,31,36)/t15-,17-,18-,19-/m0/s1. The summed E-state index contributed by atoms with van der Waals surface area (Å²) in [6.07, 6.45) is 2.70. The first-order valence-corrected chi connectivity index (χ1v) is 12.5. The van der Waals surface area contributed by atoms with E-state index in [-0.39, 0.29) is 29.8 Å². The lowest BCUT2D eigenvalue weighted by atomic mass is 9.87. The minimum atomic E-state index is -4.64. The van der Waals surface area contributed by atoms with Gasteiger partial charge in [0.05, 0.1) is 41.7 Å². The lowest BCUT2D eigenvalue weighted by molar-refractivity contribution is -0.141. The van der Waals surface area contributed by atoms with Crippen molar-refractivity contribution in [1.29, 1.82) is 0 Å². The summed E-state index contributed by atoms with van der Waals surface area (Å²) in [4.78, 5) is 29.9. The van der Waals surface area contributed by atoms with Crippen LogP contribution in [0.15, 0.2) is 36.5 Å². The number of fused-ring (bicyclic) bond motifs is 3. The Morgan fingerprint density at radius 1 is 1.14 bits per heavy atom. The van der Waals surface area contributed by atoms with E-state index in [1.165, 1.54) is 12.1 Å². The van der Waals surface area contributed by atoms with E-state index in [0.717, 1.165) is 61.0 Å². The van der Waals surface area contributed by atoms with E-state index < -0.39 is 17.8 Å². The Labute approximate surface area is 210 Å². The predicted molar refractivity (Wildman–Crippen MR) is 129 cm³/mol. The molecule has 2 bridgehead atoms. The van der Waals surface area contributed by atoms with E-state index in [9.17, 15) is 22.8 Å². The Kier molecular flexibility index (Phi) is 5.89. The number of amides is 1. The van der Waals surface area contributed by atoms with Gasteiger partial charge in [0.15, 0.2) is 0 Å². The van der Waals surface area contributed by atoms with Gasteiger partial charge < -0.3 is 19.7 Å². The van der Waals surface area contributed by atoms with E-state index in [4.69, 9.17) is 9.84 Å². The molecule has 1 saturated carbocycles. The molecule has 2 aromatic heterocycles. The molecule has 2 saturated heterocycles. The van der Waals surface area contributed by atoms with Crippen LogP contribution in [0.25, 0.3) is 10.9 Å². The summed E-state index contributed by atoms with van der Waals surface area (Å²) in [5, 5.41) is 8.44. The molecule has 3 fully saturated rings. The molecule has 0 spiro atoms. The van der Waals surface area contributed by atoms with Crippen LogP contribution in [0.4, 0.5) is 24.5 Å². The number of benzene rings is 1. The number of nitrogens with one attached hydrogen (secondary N) is 1. The van der Waals surface area contributed by atoms with E-state index in [0.29, 0.717) is 18.8 Å². The van der Waals surface area contributed by atoms with Crippen molar-refractivity contribution in [2.45, 2.75) is 56.5 Å². The lowest BCUT2D eigenvalue weighted by Gasteiger charge is -2.30. The summed E-state index contributed by atoms with van der Waals surface area (Å²) in [5.41, 5.74) is 0.601. The highest BCUT2D eigenvalue weighted by molar-refractivity contribution is 6.06. The number of morpholine rings is 1. The van der Waals surface area contributed by atoms with Gasteiger partial charge in [0.25, 0.3) is 5.91 Å². The summed E-state index contributed by atoms with van der Waals surface area (Å²) in [6.45, 7) is 1.25. The lowest BCUT2D eigenvalue weighted by Crippen LogP contribution is -2.37. The molecule has 1 N–H and O–H groups in total. The molecule has 0 radical (unpaired) electrons. The van der Waals surface area contributed by atoms with Gasteiger partial charge in [-0.05, 0) is 56.4 Å². The fourth-order valence-electron chi connectivity index (χ4n) is 5.71. The number of aldehydes is 1. The minimum absolute atomic E-state index is 0.104. The van der Waals surface area contributed by atoms with Crippen molar-refractivity contribution < 1.29 is 27.5 Å². The normalized spacial score (nSPS) is 25.5. The van der Waals surface area contributed by atoms with Crippen LogP contribution in [0.5, 0.6) is 0 Å². The van der Waals surface area contributed by atoms with Crippen LogP contribution in [0.1, 0.15) is 54.3 Å². The zero-order valence-electron chi connectivity index (χ0n) is 19.9. The highest BCUT2D eigenvalue weighted by Crippen LogP contribution is 2.40. The molecule has 1 aromatic carbocycles. The highest BCUT2D eigenvalue weighted by atomic mass is 19.4. The van der Waals surface area contributed by atoms with Crippen molar-refractivity contribution in [3.63, 3.8) is 0 Å². The van der Waals surface area contributed by atoms with E-state index in [1.54, 1.807) is 0 Å². The zero-order chi connectivity index (χ0) is 25.7. The number of rotatable bonds is 5. The van der Waals surface area contributed by atoms with Crippen LogP contribution in [0.3, 0.4) is 0 Å². The molecular formula is C26H26F3N5O3. The third-order valence-corrected chi connectivity index (χ3v) is 7.68. The Bertz CT molecular complexity index is 1350. The maximum Gasteiger partial charge on any atom is 0.433 e. The van der Waals surface area contributed by atoms with Gasteiger partial charge >= 0.3 is 6.18 Å². The van der Waals surface area contributed by atoms with Crippen LogP contribution in [-0.2, 0) is 15.7 Å². The number of halogens is 3. The molecule has 2 atom stereocenters. The number of alkyl halides is 3. The average Bonchev–Trinajstić information content (AvgIpc) is 3.63. The van der Waals surface area contributed by atoms with Crippen molar-refractivity contribution >= 4 is 34.5 Å². The van der Waals surface area contributed by atoms with E-state index >= 15 is 0 Å². The zero-order valence-corrected chi connectivity index (χ0v) is 19.9. The fourth-order valence-corrected chi connectivity index (χ4v) is 5.71. The molecular weight excluding hydrogens is 487 g/mol. The summed E-state index contributed by atoms with van der Waals surface area (Å²) in [5.74, 6) is -0.612. The van der Waals surface area contributed by atoms with Crippen LogP contribution in [-0.4, -0.2) is 52.3 Å². The van der Waals surface area contributed by atoms with Gasteiger partial charge in [-0.2, -0.15) is 18.3 Å². The molecule has 8 nitrogen and oxygen atoms in total. The Balaban J connectivity index is 1.34. The number of hydrogen-bond donors (Lipinski definition) is 1. The predicted octanol–water partition coefficient (Wildman–Crippen LogP) is 4.61. The van der Waals surface area contributed by atoms with E-state index in [1.807, 2.05) is 23.0 Å². The monoisotopic (exact) mass is 513 g/mol. The molecule has 2 aliphatic heterocycles. The molecule has 11 heteroatoms. The molecule has 1 amide bonds. The summed E-state index contributed by atoms with van der Waals surface area (Å²) >= 11 is 0. The van der Waals surface area contributed by atoms with Crippen molar-refractivity contribution in [3.8, 4) is 0 Å². The second-order valence-corrected chi connectivity index (χ2v) is 10.1. The number of anilines is 2. The number of nitrogens with zero attached hydrogens (tertiary/aromatic N) is 4. The van der Waals surface area contributed by atoms with Gasteiger partial charge in [-0.3, -0.25) is 9.48 Å². The first-order chi connectivity index (χ1) is 17.8. The third kappa shape index (κ3) is 4.56. The molecule has 0 unspecified atom stereocenters. The van der Waals surface area contributed by atoms with Crippen LogP contribution >= 0.6 is 0 Å². The summed E-state index contributed by atoms with van der Waals surface area (Å²) in [6, 6.07) is 7.38. The largest absolute Gasteiger partial charge is 0.433 e. The van der Waals surface area contributed by atoms with Gasteiger partial charge in [0, 0.05) is 24.0 Å². The maximum absolute atomic E-state index is 13.1. The Morgan fingerprint density at radius 3 is 2.62 bits per heavy atom. The van der Waals surface area contributed by atoms with Crippen molar-refractivity contribution in [1.82, 2.24) is 14.8 Å². The van der Waals surface area contributed by atoms with Crippen LogP contribution < -0.4 is 10.2 Å².